The van der Waals surface area contributed by atoms with Gasteiger partial charge in [-0.25, -0.2) is 0 Å². The largest absolute Gasteiger partial charge is 0.497 e. The lowest BCUT2D eigenvalue weighted by Crippen LogP contribution is -2.32. The second-order valence-electron chi connectivity index (χ2n) is 6.68. The second kappa shape index (κ2) is 11.1. The van der Waals surface area contributed by atoms with Crippen LogP contribution in [0.3, 0.4) is 0 Å². The summed E-state index contributed by atoms with van der Waals surface area (Å²) in [5.41, 5.74) is 1.12. The van der Waals surface area contributed by atoms with E-state index in [-0.39, 0.29) is 24.2 Å². The van der Waals surface area contributed by atoms with Gasteiger partial charge in [-0.05, 0) is 48.5 Å². The topological polar surface area (TPSA) is 118 Å². The Morgan fingerprint density at radius 1 is 1.16 bits per heavy atom. The van der Waals surface area contributed by atoms with Gasteiger partial charge in [-0.2, -0.15) is 0 Å². The van der Waals surface area contributed by atoms with Crippen molar-refractivity contribution in [2.45, 2.75) is 11.2 Å². The Morgan fingerprint density at radius 3 is 2.47 bits per heavy atom. The molecule has 0 spiro atoms. The third kappa shape index (κ3) is 6.09. The number of carbonyl (C=O) groups is 2. The Hall–Kier alpha value is -2.89. The molecule has 0 aliphatic heterocycles. The van der Waals surface area contributed by atoms with E-state index in [1.54, 1.807) is 55.1 Å². The highest BCUT2D eigenvalue weighted by atomic mass is 79.9. The normalized spacial score (nSPS) is 11.6. The number of amides is 2. The van der Waals surface area contributed by atoms with Crippen LogP contribution < -0.4 is 15.4 Å². The Labute approximate surface area is 197 Å². The molecule has 0 unspecified atom stereocenters. The highest BCUT2D eigenvalue weighted by Gasteiger charge is 2.22. The first-order valence-electron chi connectivity index (χ1n) is 9.54. The smallest absolute Gasteiger partial charge is 0.251 e. The molecule has 0 aliphatic carbocycles. The molecular weight excluding hydrogens is 498 g/mol. The van der Waals surface area contributed by atoms with E-state index in [0.29, 0.717) is 28.0 Å². The number of anilines is 1. The van der Waals surface area contributed by atoms with Gasteiger partial charge in [0.25, 0.3) is 5.91 Å². The Morgan fingerprint density at radius 2 is 1.84 bits per heavy atom. The van der Waals surface area contributed by atoms with Crippen molar-refractivity contribution in [2.75, 3.05) is 24.8 Å². The zero-order chi connectivity index (χ0) is 23.1. The summed E-state index contributed by atoms with van der Waals surface area (Å²) in [6, 6.07) is 13.1. The average molecular weight is 520 g/mol. The van der Waals surface area contributed by atoms with Crippen LogP contribution in [0.5, 0.6) is 5.75 Å². The van der Waals surface area contributed by atoms with Crippen LogP contribution in [-0.2, 0) is 11.8 Å². The fraction of sp³-hybridized carbons (Fsp3) is 0.238. The number of hydrogen-bond acceptors (Lipinski definition) is 7. The molecule has 1 heterocycles. The molecule has 2 amide bonds. The maximum atomic E-state index is 12.5. The minimum atomic E-state index is -0.756. The van der Waals surface area contributed by atoms with Crippen molar-refractivity contribution in [3.8, 4) is 5.75 Å². The zero-order valence-electron chi connectivity index (χ0n) is 17.4. The van der Waals surface area contributed by atoms with Crippen molar-refractivity contribution in [3.05, 3.63) is 64.4 Å². The highest BCUT2D eigenvalue weighted by molar-refractivity contribution is 9.10. The molecule has 0 aliphatic rings. The van der Waals surface area contributed by atoms with Gasteiger partial charge >= 0.3 is 0 Å². The number of nitrogens with zero attached hydrogens (tertiary/aromatic N) is 3. The number of aliphatic hydroxyl groups is 1. The van der Waals surface area contributed by atoms with Gasteiger partial charge in [0, 0.05) is 22.8 Å². The molecule has 32 heavy (non-hydrogen) atoms. The summed E-state index contributed by atoms with van der Waals surface area (Å²) in [5.74, 6) is 0.597. The molecule has 3 rings (SSSR count). The van der Waals surface area contributed by atoms with Crippen molar-refractivity contribution >= 4 is 45.2 Å². The maximum Gasteiger partial charge on any atom is 0.251 e. The Kier molecular flexibility index (Phi) is 8.26. The van der Waals surface area contributed by atoms with Crippen molar-refractivity contribution in [1.82, 2.24) is 20.1 Å². The first kappa shape index (κ1) is 23.8. The van der Waals surface area contributed by atoms with E-state index in [2.05, 4.69) is 36.8 Å². The molecule has 3 aromatic rings. The van der Waals surface area contributed by atoms with Crippen molar-refractivity contribution in [1.29, 1.82) is 0 Å². The number of nitrogens with one attached hydrogen (secondary N) is 2. The number of benzene rings is 2. The van der Waals surface area contributed by atoms with Gasteiger partial charge in [-0.1, -0.05) is 27.7 Å². The SMILES string of the molecule is COc1ccc(C(=O)N[C@@H](CO)c2nnc(SCC(=O)Nc3ccc(Br)cc3)n2C)cc1. The quantitative estimate of drug-likeness (QED) is 0.372. The number of aromatic nitrogens is 3. The first-order chi connectivity index (χ1) is 15.4. The summed E-state index contributed by atoms with van der Waals surface area (Å²) in [5, 5.41) is 24.0. The minimum absolute atomic E-state index is 0.129. The van der Waals surface area contributed by atoms with Gasteiger partial charge in [0.15, 0.2) is 11.0 Å². The zero-order valence-corrected chi connectivity index (χ0v) is 19.8. The second-order valence-corrected chi connectivity index (χ2v) is 8.54. The van der Waals surface area contributed by atoms with E-state index in [1.165, 1.54) is 11.8 Å². The van der Waals surface area contributed by atoms with Gasteiger partial charge in [-0.15, -0.1) is 10.2 Å². The summed E-state index contributed by atoms with van der Waals surface area (Å²) in [4.78, 5) is 24.8. The lowest BCUT2D eigenvalue weighted by atomic mass is 10.2. The molecule has 2 aromatic carbocycles. The van der Waals surface area contributed by atoms with E-state index in [9.17, 15) is 14.7 Å². The van der Waals surface area contributed by atoms with E-state index in [1.807, 2.05) is 12.1 Å². The fourth-order valence-corrected chi connectivity index (χ4v) is 3.77. The van der Waals surface area contributed by atoms with Crippen LogP contribution in [0.2, 0.25) is 0 Å². The summed E-state index contributed by atoms with van der Waals surface area (Å²) < 4.78 is 7.66. The van der Waals surface area contributed by atoms with Crippen LogP contribution in [0.25, 0.3) is 0 Å². The van der Waals surface area contributed by atoms with Gasteiger partial charge < -0.3 is 25.0 Å². The molecule has 0 fully saturated rings. The molecule has 0 saturated heterocycles. The lowest BCUT2D eigenvalue weighted by molar-refractivity contribution is -0.113. The third-order valence-corrected chi connectivity index (χ3v) is 6.03. The predicted molar refractivity (Wildman–Crippen MR) is 125 cm³/mol. The molecule has 1 aromatic heterocycles. The van der Waals surface area contributed by atoms with Crippen LogP contribution in [-0.4, -0.2) is 51.2 Å². The van der Waals surface area contributed by atoms with Crippen LogP contribution in [0, 0.1) is 0 Å². The van der Waals surface area contributed by atoms with E-state index in [0.717, 1.165) is 4.47 Å². The fourth-order valence-electron chi connectivity index (χ4n) is 2.79. The molecule has 168 valence electrons. The molecule has 0 saturated carbocycles. The molecular formula is C21H22BrN5O4S. The summed E-state index contributed by atoms with van der Waals surface area (Å²) in [6.07, 6.45) is 0. The van der Waals surface area contributed by atoms with Gasteiger partial charge in [0.05, 0.1) is 19.5 Å². The van der Waals surface area contributed by atoms with Crippen molar-refractivity contribution in [2.24, 2.45) is 7.05 Å². The third-order valence-electron chi connectivity index (χ3n) is 4.48. The number of methoxy groups -OCH3 is 1. The van der Waals surface area contributed by atoms with Crippen LogP contribution in [0.1, 0.15) is 22.2 Å². The Balaban J connectivity index is 1.60. The molecule has 0 bridgehead atoms. The summed E-state index contributed by atoms with van der Waals surface area (Å²) in [7, 11) is 3.26. The highest BCUT2D eigenvalue weighted by Crippen LogP contribution is 2.21. The van der Waals surface area contributed by atoms with Gasteiger partial charge in [0.1, 0.15) is 11.8 Å². The van der Waals surface area contributed by atoms with Crippen LogP contribution >= 0.6 is 27.7 Å². The number of carbonyl (C=O) groups excluding carboxylic acids is 2. The Bertz CT molecular complexity index is 1070. The first-order valence-corrected chi connectivity index (χ1v) is 11.3. The van der Waals surface area contributed by atoms with E-state index >= 15 is 0 Å². The standard InChI is InChI=1S/C21H22BrN5O4S/c1-27-19(17(11-28)24-20(30)13-3-9-16(31-2)10-4-13)25-26-21(27)32-12-18(29)23-15-7-5-14(22)6-8-15/h3-10,17,28H,11-12H2,1-2H3,(H,23,29)(H,24,30)/t17-/m0/s1. The summed E-state index contributed by atoms with van der Waals surface area (Å²) >= 11 is 4.56. The van der Waals surface area contributed by atoms with Gasteiger partial charge in [0.2, 0.25) is 5.91 Å². The molecule has 0 radical (unpaired) electrons. The number of halogens is 1. The van der Waals surface area contributed by atoms with Gasteiger partial charge in [-0.3, -0.25) is 9.59 Å². The molecule has 1 atom stereocenters. The minimum Gasteiger partial charge on any atom is -0.497 e. The molecule has 3 N–H and O–H groups in total. The number of thioether (sulfide) groups is 1. The van der Waals surface area contributed by atoms with Crippen molar-refractivity contribution in [3.63, 3.8) is 0 Å². The number of ether oxygens (including phenoxy) is 1. The molecule has 9 nitrogen and oxygen atoms in total. The van der Waals surface area contributed by atoms with Crippen LogP contribution in [0.4, 0.5) is 5.69 Å². The van der Waals surface area contributed by atoms with Crippen LogP contribution in [0.15, 0.2) is 58.2 Å². The van der Waals surface area contributed by atoms with E-state index < -0.39 is 6.04 Å². The molecule has 11 heteroatoms. The predicted octanol–water partition coefficient (Wildman–Crippen LogP) is 2.78. The maximum absolute atomic E-state index is 12.5. The average Bonchev–Trinajstić information content (AvgIpc) is 3.17. The number of hydrogen-bond donors (Lipinski definition) is 3. The van der Waals surface area contributed by atoms with Crippen molar-refractivity contribution < 1.29 is 19.4 Å². The lowest BCUT2D eigenvalue weighted by Gasteiger charge is -2.16. The number of rotatable bonds is 9. The van der Waals surface area contributed by atoms with E-state index in [4.69, 9.17) is 4.74 Å². The monoisotopic (exact) mass is 519 g/mol. The summed E-state index contributed by atoms with van der Waals surface area (Å²) in [6.45, 7) is -0.359. The number of aliphatic hydroxyl groups excluding tert-OH is 1.